The van der Waals surface area contributed by atoms with Crippen LogP contribution in [0.4, 0.5) is 5.69 Å². The van der Waals surface area contributed by atoms with E-state index in [1.54, 1.807) is 13.8 Å². The largest absolute Gasteiger partial charge is 0.459 e. The maximum Gasteiger partial charge on any atom is 0.348 e. The Balaban J connectivity index is 1.87. The lowest BCUT2D eigenvalue weighted by Crippen LogP contribution is -2.33. The highest BCUT2D eigenvalue weighted by molar-refractivity contribution is 7.89. The SMILES string of the molecule is CCC(C(=O)Nc1ccc(S(=O)(=O)N(C)C)cc1)n1cnc2sc(C(=O)OCCOC)c(C)c2c1=O. The molecule has 0 aliphatic heterocycles. The summed E-state index contributed by atoms with van der Waals surface area (Å²) in [5.74, 6) is -1.03. The average Bonchev–Trinajstić information content (AvgIpc) is 3.18. The van der Waals surface area contributed by atoms with Crippen molar-refractivity contribution in [1.29, 1.82) is 0 Å². The van der Waals surface area contributed by atoms with Gasteiger partial charge in [-0.15, -0.1) is 11.3 Å². The van der Waals surface area contributed by atoms with Crippen LogP contribution in [0.15, 0.2) is 40.3 Å². The van der Waals surface area contributed by atoms with Gasteiger partial charge in [-0.05, 0) is 43.2 Å². The van der Waals surface area contributed by atoms with E-state index < -0.39 is 33.5 Å². The summed E-state index contributed by atoms with van der Waals surface area (Å²) < 4.78 is 36.9. The molecule has 194 valence electrons. The van der Waals surface area contributed by atoms with Crippen molar-refractivity contribution in [3.8, 4) is 0 Å². The minimum Gasteiger partial charge on any atom is -0.459 e. The summed E-state index contributed by atoms with van der Waals surface area (Å²) in [7, 11) is 0.762. The van der Waals surface area contributed by atoms with Gasteiger partial charge in [0.05, 0.1) is 23.2 Å². The Labute approximate surface area is 212 Å². The van der Waals surface area contributed by atoms with E-state index in [0.717, 1.165) is 15.6 Å². The van der Waals surface area contributed by atoms with Crippen molar-refractivity contribution in [2.24, 2.45) is 0 Å². The zero-order valence-corrected chi connectivity index (χ0v) is 22.2. The third kappa shape index (κ3) is 5.48. The standard InChI is InChI=1S/C23H28N4O7S2/c1-6-17(20(28)25-15-7-9-16(10-8-15)36(31,32)26(3)4)27-13-24-21-18(22(27)29)14(2)19(35-21)23(30)34-12-11-33-5/h7-10,13,17H,6,11-12H2,1-5H3,(H,25,28). The fourth-order valence-electron chi connectivity index (χ4n) is 3.49. The number of carbonyl (C=O) groups is 2. The second-order valence-corrected chi connectivity index (χ2v) is 11.2. The molecule has 2 heterocycles. The van der Waals surface area contributed by atoms with Gasteiger partial charge >= 0.3 is 5.97 Å². The second-order valence-electron chi connectivity index (χ2n) is 8.05. The van der Waals surface area contributed by atoms with Crippen LogP contribution in [0.5, 0.6) is 0 Å². The summed E-state index contributed by atoms with van der Waals surface area (Å²) in [6.07, 6.45) is 1.59. The Morgan fingerprint density at radius 3 is 2.44 bits per heavy atom. The molecule has 11 nitrogen and oxygen atoms in total. The summed E-state index contributed by atoms with van der Waals surface area (Å²) in [5, 5.41) is 2.98. The van der Waals surface area contributed by atoms with Crippen LogP contribution in [0.3, 0.4) is 0 Å². The maximum absolute atomic E-state index is 13.3. The zero-order chi connectivity index (χ0) is 26.6. The first kappa shape index (κ1) is 27.5. The molecule has 0 bridgehead atoms. The molecule has 13 heteroatoms. The molecule has 1 atom stereocenters. The van der Waals surface area contributed by atoms with Crippen LogP contribution in [0, 0.1) is 6.92 Å². The van der Waals surface area contributed by atoms with E-state index in [1.807, 2.05) is 0 Å². The molecule has 0 saturated heterocycles. The molecule has 0 spiro atoms. The Hall–Kier alpha value is -3.13. The number of ether oxygens (including phenoxy) is 2. The summed E-state index contributed by atoms with van der Waals surface area (Å²) in [6, 6.07) is 4.88. The zero-order valence-electron chi connectivity index (χ0n) is 20.6. The number of carbonyl (C=O) groups excluding carboxylic acids is 2. The first-order valence-corrected chi connectivity index (χ1v) is 13.3. The highest BCUT2D eigenvalue weighted by Crippen LogP contribution is 2.28. The number of nitrogens with one attached hydrogen (secondary N) is 1. The number of amides is 1. The van der Waals surface area contributed by atoms with E-state index in [9.17, 15) is 22.8 Å². The van der Waals surface area contributed by atoms with E-state index in [4.69, 9.17) is 9.47 Å². The number of thiophene rings is 1. The van der Waals surface area contributed by atoms with Gasteiger partial charge in [0.1, 0.15) is 22.4 Å². The Kier molecular flexibility index (Phi) is 8.61. The molecule has 0 saturated carbocycles. The van der Waals surface area contributed by atoms with Crippen molar-refractivity contribution in [3.63, 3.8) is 0 Å². The van der Waals surface area contributed by atoms with Crippen molar-refractivity contribution in [2.45, 2.75) is 31.2 Å². The van der Waals surface area contributed by atoms with Gasteiger partial charge in [0.25, 0.3) is 5.56 Å². The van der Waals surface area contributed by atoms with E-state index in [2.05, 4.69) is 10.3 Å². The molecule has 0 fully saturated rings. The monoisotopic (exact) mass is 536 g/mol. The third-order valence-electron chi connectivity index (χ3n) is 5.51. The Bertz CT molecular complexity index is 1430. The molecular weight excluding hydrogens is 508 g/mol. The summed E-state index contributed by atoms with van der Waals surface area (Å²) in [5.41, 5.74) is 0.377. The highest BCUT2D eigenvalue weighted by Gasteiger charge is 2.25. The molecule has 3 aromatic rings. The van der Waals surface area contributed by atoms with Crippen LogP contribution in [-0.2, 0) is 24.3 Å². The van der Waals surface area contributed by atoms with Crippen molar-refractivity contribution < 1.29 is 27.5 Å². The number of fused-ring (bicyclic) bond motifs is 1. The minimum absolute atomic E-state index is 0.0841. The van der Waals surface area contributed by atoms with Crippen LogP contribution in [0.2, 0.25) is 0 Å². The molecule has 36 heavy (non-hydrogen) atoms. The van der Waals surface area contributed by atoms with Crippen LogP contribution in [-0.4, -0.2) is 68.6 Å². The fraction of sp³-hybridized carbons (Fsp3) is 0.391. The number of sulfonamides is 1. The number of aromatic nitrogens is 2. The molecular formula is C23H28N4O7S2. The number of hydrogen-bond acceptors (Lipinski definition) is 9. The second kappa shape index (κ2) is 11.3. The average molecular weight is 537 g/mol. The molecule has 1 unspecified atom stereocenters. The van der Waals surface area contributed by atoms with Gasteiger partial charge in [-0.1, -0.05) is 6.92 Å². The molecule has 1 amide bonds. The smallest absolute Gasteiger partial charge is 0.348 e. The summed E-state index contributed by atoms with van der Waals surface area (Å²) in [6.45, 7) is 3.74. The van der Waals surface area contributed by atoms with Crippen LogP contribution in [0.25, 0.3) is 10.2 Å². The van der Waals surface area contributed by atoms with Gasteiger partial charge in [-0.3, -0.25) is 14.2 Å². The summed E-state index contributed by atoms with van der Waals surface area (Å²) in [4.78, 5) is 43.9. The van der Waals surface area contributed by atoms with Crippen molar-refractivity contribution >= 4 is 49.1 Å². The minimum atomic E-state index is -3.60. The lowest BCUT2D eigenvalue weighted by molar-refractivity contribution is -0.119. The van der Waals surface area contributed by atoms with Gasteiger partial charge < -0.3 is 14.8 Å². The number of benzene rings is 1. The number of nitrogens with zero attached hydrogens (tertiary/aromatic N) is 3. The molecule has 0 aliphatic carbocycles. The van der Waals surface area contributed by atoms with Crippen molar-refractivity contribution in [1.82, 2.24) is 13.9 Å². The Morgan fingerprint density at radius 1 is 1.19 bits per heavy atom. The molecule has 3 rings (SSSR count). The normalized spacial score (nSPS) is 12.6. The molecule has 1 N–H and O–H groups in total. The van der Waals surface area contributed by atoms with Crippen LogP contribution >= 0.6 is 11.3 Å². The van der Waals surface area contributed by atoms with E-state index >= 15 is 0 Å². The van der Waals surface area contributed by atoms with Crippen LogP contribution in [0.1, 0.15) is 34.6 Å². The molecule has 0 aliphatic rings. The number of rotatable bonds is 10. The summed E-state index contributed by atoms with van der Waals surface area (Å²) >= 11 is 1.06. The van der Waals surface area contributed by atoms with Gasteiger partial charge in [-0.2, -0.15) is 0 Å². The van der Waals surface area contributed by atoms with Crippen molar-refractivity contribution in [2.75, 3.05) is 39.7 Å². The molecule has 0 radical (unpaired) electrons. The number of anilines is 1. The van der Waals surface area contributed by atoms with E-state index in [-0.39, 0.29) is 28.4 Å². The number of esters is 1. The van der Waals surface area contributed by atoms with E-state index in [1.165, 1.54) is 56.4 Å². The lowest BCUT2D eigenvalue weighted by Gasteiger charge is -2.18. The number of methoxy groups -OCH3 is 1. The quantitative estimate of drug-likeness (QED) is 0.308. The van der Waals surface area contributed by atoms with Gasteiger partial charge in [0, 0.05) is 26.9 Å². The number of hydrogen-bond donors (Lipinski definition) is 1. The van der Waals surface area contributed by atoms with Gasteiger partial charge in [-0.25, -0.2) is 22.5 Å². The molecule has 2 aromatic heterocycles. The molecule has 1 aromatic carbocycles. The highest BCUT2D eigenvalue weighted by atomic mass is 32.2. The first-order chi connectivity index (χ1) is 17.0. The number of aryl methyl sites for hydroxylation is 1. The predicted molar refractivity (Wildman–Crippen MR) is 136 cm³/mol. The third-order valence-corrected chi connectivity index (χ3v) is 8.52. The van der Waals surface area contributed by atoms with Gasteiger partial charge in [0.2, 0.25) is 15.9 Å². The Morgan fingerprint density at radius 2 is 1.86 bits per heavy atom. The van der Waals surface area contributed by atoms with Gasteiger partial charge in [0.15, 0.2) is 0 Å². The van der Waals surface area contributed by atoms with E-state index in [0.29, 0.717) is 22.5 Å². The predicted octanol–water partition coefficient (Wildman–Crippen LogP) is 2.41. The fourth-order valence-corrected chi connectivity index (χ4v) is 5.43. The first-order valence-electron chi connectivity index (χ1n) is 11.0. The van der Waals surface area contributed by atoms with Crippen LogP contribution < -0.4 is 10.9 Å². The topological polar surface area (TPSA) is 137 Å². The lowest BCUT2D eigenvalue weighted by atomic mass is 10.1. The maximum atomic E-state index is 13.3. The van der Waals surface area contributed by atoms with Crippen molar-refractivity contribution in [3.05, 3.63) is 51.4 Å².